The molecule has 1 aromatic heterocycles. The predicted molar refractivity (Wildman–Crippen MR) is 72.8 cm³/mol. The van der Waals surface area contributed by atoms with Gasteiger partial charge in [-0.25, -0.2) is 9.59 Å². The molecule has 21 heavy (non-hydrogen) atoms. The van der Waals surface area contributed by atoms with Gasteiger partial charge in [-0.1, -0.05) is 0 Å². The van der Waals surface area contributed by atoms with E-state index in [0.717, 1.165) is 0 Å². The minimum absolute atomic E-state index is 0.0908. The Balaban J connectivity index is 2.27. The molecule has 1 aromatic rings. The molecular weight excluding hydrogens is 278 g/mol. The van der Waals surface area contributed by atoms with E-state index in [9.17, 15) is 9.59 Å². The minimum atomic E-state index is -0.612. The molecule has 0 unspecified atom stereocenters. The normalized spacial score (nSPS) is 11.0. The van der Waals surface area contributed by atoms with Gasteiger partial charge in [-0.3, -0.25) is 0 Å². The monoisotopic (exact) mass is 299 g/mol. The van der Waals surface area contributed by atoms with Crippen molar-refractivity contribution in [1.82, 2.24) is 15.5 Å². The molecule has 1 amide bonds. The zero-order valence-corrected chi connectivity index (χ0v) is 12.8. The summed E-state index contributed by atoms with van der Waals surface area (Å²) in [6, 6.07) is 0. The fraction of sp³-hybridized carbons (Fsp3) is 0.692. The van der Waals surface area contributed by atoms with Crippen LogP contribution < -0.4 is 5.32 Å². The lowest BCUT2D eigenvalue weighted by Gasteiger charge is -2.19. The zero-order valence-electron chi connectivity index (χ0n) is 12.8. The fourth-order valence-electron chi connectivity index (χ4n) is 1.38. The Kier molecular flexibility index (Phi) is 6.13. The standard InChI is InChI=1S/C13H21N3O5/c1-5-19-11(17)10-15-9(21-16-10)7-6-8-14-12(18)20-13(2,3)4/h5-8H2,1-4H3,(H,14,18). The van der Waals surface area contributed by atoms with Crippen LogP contribution in [0.15, 0.2) is 4.52 Å². The Bertz CT molecular complexity index is 478. The SMILES string of the molecule is CCOC(=O)c1noc(CCCNC(=O)OC(C)(C)C)n1. The van der Waals surface area contributed by atoms with Crippen LogP contribution in [0.3, 0.4) is 0 Å². The van der Waals surface area contributed by atoms with Gasteiger partial charge in [0.1, 0.15) is 5.60 Å². The summed E-state index contributed by atoms with van der Waals surface area (Å²) in [6.45, 7) is 7.74. The largest absolute Gasteiger partial charge is 0.460 e. The summed E-state index contributed by atoms with van der Waals surface area (Å²) in [5, 5.41) is 6.14. The number of amides is 1. The van der Waals surface area contributed by atoms with Crippen molar-refractivity contribution in [3.05, 3.63) is 11.7 Å². The summed E-state index contributed by atoms with van der Waals surface area (Å²) < 4.78 is 14.8. The second-order valence-electron chi connectivity index (χ2n) is 5.26. The number of hydrogen-bond donors (Lipinski definition) is 1. The van der Waals surface area contributed by atoms with Crippen LogP contribution in [-0.4, -0.2) is 41.0 Å². The van der Waals surface area contributed by atoms with Crippen molar-refractivity contribution < 1.29 is 23.6 Å². The van der Waals surface area contributed by atoms with Gasteiger partial charge in [0.25, 0.3) is 5.82 Å². The van der Waals surface area contributed by atoms with E-state index in [1.165, 1.54) is 0 Å². The molecule has 0 aromatic carbocycles. The third kappa shape index (κ3) is 6.73. The van der Waals surface area contributed by atoms with Crippen LogP contribution in [0, 0.1) is 0 Å². The lowest BCUT2D eigenvalue weighted by molar-refractivity contribution is 0.0503. The molecule has 1 N–H and O–H groups in total. The number of rotatable bonds is 6. The molecule has 0 fully saturated rings. The number of carbonyl (C=O) groups excluding carboxylic acids is 2. The van der Waals surface area contributed by atoms with Crippen molar-refractivity contribution in [2.45, 2.75) is 46.1 Å². The quantitative estimate of drug-likeness (QED) is 0.629. The van der Waals surface area contributed by atoms with Crippen LogP contribution in [0.1, 0.15) is 50.6 Å². The predicted octanol–water partition coefficient (Wildman–Crippen LogP) is 1.70. The minimum Gasteiger partial charge on any atom is -0.460 e. The molecule has 0 aliphatic rings. The van der Waals surface area contributed by atoms with E-state index in [1.54, 1.807) is 27.7 Å². The molecule has 0 saturated carbocycles. The molecule has 0 atom stereocenters. The molecule has 0 radical (unpaired) electrons. The topological polar surface area (TPSA) is 104 Å². The van der Waals surface area contributed by atoms with Gasteiger partial charge in [0.15, 0.2) is 0 Å². The molecule has 118 valence electrons. The van der Waals surface area contributed by atoms with E-state index in [-0.39, 0.29) is 12.4 Å². The Morgan fingerprint density at radius 2 is 2.05 bits per heavy atom. The van der Waals surface area contributed by atoms with Crippen molar-refractivity contribution in [2.75, 3.05) is 13.2 Å². The maximum Gasteiger partial charge on any atom is 0.407 e. The van der Waals surface area contributed by atoms with E-state index in [4.69, 9.17) is 14.0 Å². The Hall–Kier alpha value is -2.12. The third-order valence-corrected chi connectivity index (χ3v) is 2.16. The molecule has 0 aliphatic carbocycles. The molecule has 0 aliphatic heterocycles. The van der Waals surface area contributed by atoms with Crippen LogP contribution in [0.4, 0.5) is 4.79 Å². The number of ether oxygens (including phenoxy) is 2. The summed E-state index contributed by atoms with van der Waals surface area (Å²) in [5.74, 6) is -0.379. The number of alkyl carbamates (subject to hydrolysis) is 1. The maximum atomic E-state index is 11.4. The second kappa shape index (κ2) is 7.61. The molecule has 8 nitrogen and oxygen atoms in total. The zero-order chi connectivity index (χ0) is 15.9. The molecule has 0 bridgehead atoms. The van der Waals surface area contributed by atoms with Gasteiger partial charge in [0.2, 0.25) is 5.89 Å². The van der Waals surface area contributed by atoms with Gasteiger partial charge in [-0.15, -0.1) is 0 Å². The molecule has 0 saturated heterocycles. The van der Waals surface area contributed by atoms with Crippen LogP contribution in [0.5, 0.6) is 0 Å². The number of esters is 1. The average Bonchev–Trinajstić information content (AvgIpc) is 2.81. The number of hydrogen-bond acceptors (Lipinski definition) is 7. The van der Waals surface area contributed by atoms with Crippen LogP contribution in [0.25, 0.3) is 0 Å². The molecule has 0 spiro atoms. The van der Waals surface area contributed by atoms with Crippen molar-refractivity contribution in [2.24, 2.45) is 0 Å². The molecular formula is C13H21N3O5. The van der Waals surface area contributed by atoms with Crippen LogP contribution >= 0.6 is 0 Å². The highest BCUT2D eigenvalue weighted by Gasteiger charge is 2.17. The first-order valence-electron chi connectivity index (χ1n) is 6.78. The number of nitrogens with zero attached hydrogens (tertiary/aromatic N) is 2. The second-order valence-corrected chi connectivity index (χ2v) is 5.26. The maximum absolute atomic E-state index is 11.4. The van der Waals surface area contributed by atoms with Gasteiger partial charge in [-0.05, 0) is 39.3 Å². The smallest absolute Gasteiger partial charge is 0.407 e. The van der Waals surface area contributed by atoms with Crippen molar-refractivity contribution in [3.63, 3.8) is 0 Å². The van der Waals surface area contributed by atoms with E-state index in [2.05, 4.69) is 15.5 Å². The van der Waals surface area contributed by atoms with E-state index >= 15 is 0 Å². The van der Waals surface area contributed by atoms with Crippen molar-refractivity contribution in [1.29, 1.82) is 0 Å². The van der Waals surface area contributed by atoms with Crippen LogP contribution in [-0.2, 0) is 15.9 Å². The summed E-state index contributed by atoms with van der Waals surface area (Å²) >= 11 is 0. The fourth-order valence-corrected chi connectivity index (χ4v) is 1.38. The first kappa shape index (κ1) is 16.9. The summed E-state index contributed by atoms with van der Waals surface area (Å²) in [4.78, 5) is 26.6. The van der Waals surface area contributed by atoms with Gasteiger partial charge >= 0.3 is 12.1 Å². The number of aryl methyl sites for hydroxylation is 1. The number of nitrogens with one attached hydrogen (secondary N) is 1. The van der Waals surface area contributed by atoms with E-state index in [0.29, 0.717) is 25.3 Å². The number of aromatic nitrogens is 2. The van der Waals surface area contributed by atoms with Crippen molar-refractivity contribution in [3.8, 4) is 0 Å². The van der Waals surface area contributed by atoms with E-state index in [1.807, 2.05) is 0 Å². The summed E-state index contributed by atoms with van der Waals surface area (Å²) in [5.41, 5.74) is -0.523. The third-order valence-electron chi connectivity index (χ3n) is 2.16. The Labute approximate surface area is 123 Å². The Morgan fingerprint density at radius 1 is 1.33 bits per heavy atom. The molecule has 1 heterocycles. The first-order valence-corrected chi connectivity index (χ1v) is 6.78. The average molecular weight is 299 g/mol. The van der Waals surface area contributed by atoms with Gasteiger partial charge in [0.05, 0.1) is 6.61 Å². The Morgan fingerprint density at radius 3 is 2.67 bits per heavy atom. The van der Waals surface area contributed by atoms with Gasteiger partial charge in [-0.2, -0.15) is 4.98 Å². The summed E-state index contributed by atoms with van der Waals surface area (Å²) in [6.07, 6.45) is 0.562. The molecule has 1 rings (SSSR count). The van der Waals surface area contributed by atoms with Gasteiger partial charge in [0, 0.05) is 13.0 Å². The lowest BCUT2D eigenvalue weighted by Crippen LogP contribution is -2.33. The van der Waals surface area contributed by atoms with Crippen molar-refractivity contribution >= 4 is 12.1 Å². The molecule has 8 heteroatoms. The number of carbonyl (C=O) groups is 2. The highest BCUT2D eigenvalue weighted by Crippen LogP contribution is 2.06. The first-order chi connectivity index (χ1) is 9.81. The highest BCUT2D eigenvalue weighted by atomic mass is 16.6. The lowest BCUT2D eigenvalue weighted by atomic mass is 10.2. The highest BCUT2D eigenvalue weighted by molar-refractivity contribution is 5.84. The summed E-state index contributed by atoms with van der Waals surface area (Å²) in [7, 11) is 0. The van der Waals surface area contributed by atoms with Crippen LogP contribution in [0.2, 0.25) is 0 Å². The van der Waals surface area contributed by atoms with Gasteiger partial charge < -0.3 is 19.3 Å². The van der Waals surface area contributed by atoms with E-state index < -0.39 is 17.7 Å².